The molecule has 8 nitrogen and oxygen atoms in total. The average molecular weight is 424 g/mol. The summed E-state index contributed by atoms with van der Waals surface area (Å²) in [5, 5.41) is 0. The summed E-state index contributed by atoms with van der Waals surface area (Å²) in [5.74, 6) is -1.85. The number of rotatable bonds is 4. The third-order valence-electron chi connectivity index (χ3n) is 6.09. The predicted molar refractivity (Wildman–Crippen MR) is 103 cm³/mol. The van der Waals surface area contributed by atoms with E-state index in [-0.39, 0.29) is 24.4 Å². The number of nitrogens with zero attached hydrogens (tertiary/aromatic N) is 4. The lowest BCUT2D eigenvalue weighted by molar-refractivity contribution is 0.0182. The minimum absolute atomic E-state index is 0.0470. The summed E-state index contributed by atoms with van der Waals surface area (Å²) in [5.41, 5.74) is 2.56. The summed E-state index contributed by atoms with van der Waals surface area (Å²) in [4.78, 5) is 12.1. The van der Waals surface area contributed by atoms with Crippen LogP contribution in [0.4, 0.5) is 8.78 Å². The van der Waals surface area contributed by atoms with Gasteiger partial charge in [0.2, 0.25) is 0 Å². The second-order valence-electron chi connectivity index (χ2n) is 8.16. The van der Waals surface area contributed by atoms with Crippen molar-refractivity contribution in [3.63, 3.8) is 0 Å². The van der Waals surface area contributed by atoms with Crippen LogP contribution in [0.2, 0.25) is 0 Å². The topological polar surface area (TPSA) is 95.4 Å². The van der Waals surface area contributed by atoms with Crippen molar-refractivity contribution in [2.75, 3.05) is 13.1 Å². The summed E-state index contributed by atoms with van der Waals surface area (Å²) in [6.07, 6.45) is 6.11. The predicted octanol–water partition coefficient (Wildman–Crippen LogP) is 2.27. The van der Waals surface area contributed by atoms with Crippen LogP contribution < -0.4 is 4.72 Å². The number of aromatic nitrogens is 4. The number of alkyl halides is 2. The third kappa shape index (κ3) is 3.21. The Morgan fingerprint density at radius 2 is 2.07 bits per heavy atom. The molecule has 29 heavy (non-hydrogen) atoms. The van der Waals surface area contributed by atoms with Gasteiger partial charge in [0.1, 0.15) is 5.82 Å². The molecule has 3 atom stereocenters. The van der Waals surface area contributed by atoms with E-state index in [0.717, 1.165) is 26.8 Å². The molecule has 2 N–H and O–H groups in total. The lowest BCUT2D eigenvalue weighted by atomic mass is 9.97. The van der Waals surface area contributed by atoms with E-state index in [4.69, 9.17) is 0 Å². The van der Waals surface area contributed by atoms with E-state index in [9.17, 15) is 17.2 Å². The highest BCUT2D eigenvalue weighted by Crippen LogP contribution is 2.40. The van der Waals surface area contributed by atoms with Crippen LogP contribution in [0, 0.1) is 5.92 Å². The number of nitrogens with one attached hydrogen (secondary N) is 2. The number of hydrogen-bond donors (Lipinski definition) is 2. The maximum absolute atomic E-state index is 13.4. The minimum atomic E-state index is -3.94. The first kappa shape index (κ1) is 18.9. The molecule has 0 aromatic carbocycles. The lowest BCUT2D eigenvalue weighted by Gasteiger charge is -2.20. The second-order valence-corrected chi connectivity index (χ2v) is 9.86. The molecule has 3 aromatic heterocycles. The maximum Gasteiger partial charge on any atom is 0.279 e. The first-order valence-corrected chi connectivity index (χ1v) is 11.1. The van der Waals surface area contributed by atoms with E-state index in [1.54, 1.807) is 12.4 Å². The van der Waals surface area contributed by atoms with E-state index in [1.165, 1.54) is 0 Å². The van der Waals surface area contributed by atoms with Gasteiger partial charge in [0.15, 0.2) is 5.65 Å². The van der Waals surface area contributed by atoms with Crippen molar-refractivity contribution < 1.29 is 17.2 Å². The molecule has 1 saturated heterocycles. The highest BCUT2D eigenvalue weighted by molar-refractivity contribution is 7.87. The monoisotopic (exact) mass is 424 g/mol. The van der Waals surface area contributed by atoms with Crippen LogP contribution in [-0.2, 0) is 10.2 Å². The third-order valence-corrected chi connectivity index (χ3v) is 7.71. The number of halogens is 2. The zero-order valence-electron chi connectivity index (χ0n) is 15.8. The van der Waals surface area contributed by atoms with Crippen molar-refractivity contribution in [1.29, 1.82) is 0 Å². The number of imidazole rings is 1. The van der Waals surface area contributed by atoms with E-state index in [0.29, 0.717) is 12.8 Å². The smallest absolute Gasteiger partial charge is 0.279 e. The van der Waals surface area contributed by atoms with Crippen molar-refractivity contribution in [1.82, 2.24) is 28.4 Å². The molecule has 3 aromatic rings. The zero-order chi connectivity index (χ0) is 20.4. The molecule has 4 heterocycles. The molecule has 0 amide bonds. The Hall–Kier alpha value is -2.11. The summed E-state index contributed by atoms with van der Waals surface area (Å²) < 4.78 is 57.6. The molecule has 5 rings (SSSR count). The van der Waals surface area contributed by atoms with Crippen molar-refractivity contribution in [3.05, 3.63) is 30.5 Å². The van der Waals surface area contributed by atoms with E-state index in [1.807, 2.05) is 12.3 Å². The Kier molecular flexibility index (Phi) is 4.20. The first-order valence-electron chi connectivity index (χ1n) is 9.68. The number of H-pyrrole nitrogens is 1. The van der Waals surface area contributed by atoms with Crippen LogP contribution in [0.5, 0.6) is 0 Å². The molecule has 0 spiro atoms. The van der Waals surface area contributed by atoms with Crippen LogP contribution in [0.1, 0.15) is 37.9 Å². The largest absolute Gasteiger partial charge is 0.345 e. The van der Waals surface area contributed by atoms with Gasteiger partial charge in [-0.05, 0) is 24.8 Å². The van der Waals surface area contributed by atoms with Crippen molar-refractivity contribution >= 4 is 26.9 Å². The number of fused-ring (bicyclic) bond motifs is 3. The number of hydrogen-bond acceptors (Lipinski definition) is 4. The molecule has 1 aliphatic carbocycles. The molecule has 0 unspecified atom stereocenters. The van der Waals surface area contributed by atoms with Gasteiger partial charge in [0.25, 0.3) is 16.1 Å². The van der Waals surface area contributed by atoms with Gasteiger partial charge in [-0.25, -0.2) is 18.7 Å². The van der Waals surface area contributed by atoms with Crippen LogP contribution in [-0.4, -0.2) is 57.1 Å². The van der Waals surface area contributed by atoms with Crippen LogP contribution >= 0.6 is 0 Å². The SMILES string of the molecule is C[C@@H]1C[C@H](NS(=O)(=O)N2CCC(F)(F)C2)C[C@@H]1c1ncc2cnc3[nH]ccc3n12. The Labute approximate surface area is 166 Å². The fourth-order valence-corrected chi connectivity index (χ4v) is 6.11. The molecular weight excluding hydrogens is 402 g/mol. The zero-order valence-corrected chi connectivity index (χ0v) is 16.7. The van der Waals surface area contributed by atoms with Gasteiger partial charge in [-0.1, -0.05) is 6.92 Å². The second kappa shape index (κ2) is 6.44. The Morgan fingerprint density at radius 3 is 2.83 bits per heavy atom. The normalized spacial score (nSPS) is 28.0. The van der Waals surface area contributed by atoms with Crippen molar-refractivity contribution in [2.24, 2.45) is 5.92 Å². The van der Waals surface area contributed by atoms with Crippen molar-refractivity contribution in [2.45, 2.75) is 44.1 Å². The summed E-state index contributed by atoms with van der Waals surface area (Å²) in [6.45, 7) is 1.16. The molecule has 0 bridgehead atoms. The van der Waals surface area contributed by atoms with Gasteiger partial charge in [-0.2, -0.15) is 17.4 Å². The number of aromatic amines is 1. The molecule has 1 aliphatic heterocycles. The van der Waals surface area contributed by atoms with Gasteiger partial charge < -0.3 is 4.98 Å². The first-order chi connectivity index (χ1) is 13.7. The molecule has 0 radical (unpaired) electrons. The molecule has 1 saturated carbocycles. The van der Waals surface area contributed by atoms with Gasteiger partial charge >= 0.3 is 0 Å². The summed E-state index contributed by atoms with van der Waals surface area (Å²) in [6, 6.07) is 1.62. The van der Waals surface area contributed by atoms with E-state index < -0.39 is 29.1 Å². The molecule has 11 heteroatoms. The van der Waals surface area contributed by atoms with Crippen LogP contribution in [0.3, 0.4) is 0 Å². The minimum Gasteiger partial charge on any atom is -0.345 e. The van der Waals surface area contributed by atoms with E-state index in [2.05, 4.69) is 31.0 Å². The lowest BCUT2D eigenvalue weighted by Crippen LogP contribution is -2.44. The fraction of sp³-hybridized carbons (Fsp3) is 0.556. The van der Waals surface area contributed by atoms with Gasteiger partial charge in [0, 0.05) is 31.1 Å². The van der Waals surface area contributed by atoms with Crippen molar-refractivity contribution in [3.8, 4) is 0 Å². The Bertz CT molecular complexity index is 1170. The van der Waals surface area contributed by atoms with E-state index >= 15 is 0 Å². The highest BCUT2D eigenvalue weighted by atomic mass is 32.2. The summed E-state index contributed by atoms with van der Waals surface area (Å²) in [7, 11) is -3.94. The molecule has 2 aliphatic rings. The van der Waals surface area contributed by atoms with Crippen LogP contribution in [0.25, 0.3) is 16.7 Å². The quantitative estimate of drug-likeness (QED) is 0.672. The van der Waals surface area contributed by atoms with Crippen LogP contribution in [0.15, 0.2) is 24.7 Å². The maximum atomic E-state index is 13.4. The summed E-state index contributed by atoms with van der Waals surface area (Å²) >= 11 is 0. The highest BCUT2D eigenvalue weighted by Gasteiger charge is 2.45. The fourth-order valence-electron chi connectivity index (χ4n) is 4.66. The Balaban J connectivity index is 1.39. The standard InChI is InChI=1S/C18H22F2N6O2S/c1-11-6-12(24-29(27,28)25-5-3-18(19,20)10-25)7-14(11)17-23-9-13-8-22-16-15(26(13)17)2-4-21-16/h2,4,8-9,11-12,14,21,24H,3,5-7,10H2,1H3/t11-,12+,14+/m1/s1. The Morgan fingerprint density at radius 1 is 1.28 bits per heavy atom. The molecule has 2 fully saturated rings. The van der Waals surface area contributed by atoms with Gasteiger partial charge in [-0.15, -0.1) is 0 Å². The average Bonchev–Trinajstić information content (AvgIpc) is 3.39. The molecule has 156 valence electrons. The van der Waals surface area contributed by atoms with Gasteiger partial charge in [0.05, 0.1) is 30.0 Å². The van der Waals surface area contributed by atoms with Gasteiger partial charge in [-0.3, -0.25) is 4.40 Å². The molecular formula is C18H22F2N6O2S.